The van der Waals surface area contributed by atoms with Crippen LogP contribution in [0.2, 0.25) is 0 Å². The summed E-state index contributed by atoms with van der Waals surface area (Å²) in [5.41, 5.74) is 9.29. The number of aromatic nitrogens is 1. The fourth-order valence-corrected chi connectivity index (χ4v) is 2.69. The molecule has 0 aliphatic rings. The second-order valence-electron chi connectivity index (χ2n) is 6.18. The standard InChI is InChI=1S/C21H21N5O2/c22-20(23)16-2-1-3-18(12-16)25-19(13-27)21(28)26-17-6-4-14(5-7-17)15-8-10-24-11-9-15/h1-12,19,25,27H,13H2,(H3,22,23)(H,26,28)/t19-/m0/s1. The van der Waals surface area contributed by atoms with Crippen molar-refractivity contribution in [2.45, 2.75) is 6.04 Å². The zero-order valence-electron chi connectivity index (χ0n) is 15.1. The molecule has 3 rings (SSSR count). The molecule has 7 heteroatoms. The molecule has 0 radical (unpaired) electrons. The van der Waals surface area contributed by atoms with Crippen molar-refractivity contribution in [3.8, 4) is 11.1 Å². The molecule has 7 nitrogen and oxygen atoms in total. The maximum atomic E-state index is 12.5. The molecule has 3 aromatic rings. The van der Waals surface area contributed by atoms with Gasteiger partial charge in [0, 0.05) is 29.3 Å². The van der Waals surface area contributed by atoms with E-state index >= 15 is 0 Å². The molecule has 0 saturated carbocycles. The first-order chi connectivity index (χ1) is 13.6. The molecule has 1 amide bonds. The Bertz CT molecular complexity index is 958. The van der Waals surface area contributed by atoms with Crippen molar-refractivity contribution in [1.29, 1.82) is 5.41 Å². The zero-order valence-corrected chi connectivity index (χ0v) is 15.1. The van der Waals surface area contributed by atoms with Gasteiger partial charge in [0.2, 0.25) is 5.91 Å². The minimum atomic E-state index is -0.845. The predicted octanol–water partition coefficient (Wildman–Crippen LogP) is 2.44. The van der Waals surface area contributed by atoms with Gasteiger partial charge in [-0.25, -0.2) is 0 Å². The van der Waals surface area contributed by atoms with Gasteiger partial charge in [0.05, 0.1) is 6.61 Å². The van der Waals surface area contributed by atoms with E-state index in [4.69, 9.17) is 11.1 Å². The van der Waals surface area contributed by atoms with Crippen molar-refractivity contribution in [3.63, 3.8) is 0 Å². The number of carbonyl (C=O) groups is 1. The molecule has 0 bridgehead atoms. The van der Waals surface area contributed by atoms with Gasteiger partial charge in [-0.05, 0) is 47.5 Å². The first-order valence-corrected chi connectivity index (χ1v) is 8.70. The molecule has 2 aromatic carbocycles. The lowest BCUT2D eigenvalue weighted by molar-refractivity contribution is -0.117. The minimum Gasteiger partial charge on any atom is -0.394 e. The summed E-state index contributed by atoms with van der Waals surface area (Å²) in [5.74, 6) is -0.435. The second-order valence-corrected chi connectivity index (χ2v) is 6.18. The molecule has 0 saturated heterocycles. The van der Waals surface area contributed by atoms with E-state index in [2.05, 4.69) is 15.6 Å². The lowest BCUT2D eigenvalue weighted by Gasteiger charge is -2.18. The van der Waals surface area contributed by atoms with Crippen LogP contribution in [0.15, 0.2) is 73.1 Å². The van der Waals surface area contributed by atoms with Gasteiger partial charge in [0.25, 0.3) is 0 Å². The van der Waals surface area contributed by atoms with Crippen LogP contribution in [0.4, 0.5) is 11.4 Å². The number of amides is 1. The maximum Gasteiger partial charge on any atom is 0.249 e. The number of nitrogens with zero attached hydrogens (tertiary/aromatic N) is 1. The predicted molar refractivity (Wildman–Crippen MR) is 110 cm³/mol. The molecule has 0 aliphatic carbocycles. The molecule has 1 aromatic heterocycles. The number of anilines is 2. The van der Waals surface area contributed by atoms with E-state index in [0.717, 1.165) is 11.1 Å². The number of rotatable bonds is 7. The third-order valence-corrected chi connectivity index (χ3v) is 4.18. The number of benzene rings is 2. The van der Waals surface area contributed by atoms with Crippen LogP contribution in [-0.4, -0.2) is 34.5 Å². The van der Waals surface area contributed by atoms with Gasteiger partial charge >= 0.3 is 0 Å². The van der Waals surface area contributed by atoms with Gasteiger partial charge in [-0.3, -0.25) is 15.2 Å². The summed E-state index contributed by atoms with van der Waals surface area (Å²) in [5, 5.41) is 22.8. The number of hydrogen-bond acceptors (Lipinski definition) is 5. The van der Waals surface area contributed by atoms with Crippen molar-refractivity contribution in [1.82, 2.24) is 4.98 Å². The smallest absolute Gasteiger partial charge is 0.249 e. The third kappa shape index (κ3) is 4.72. The van der Waals surface area contributed by atoms with Crippen molar-refractivity contribution in [2.75, 3.05) is 17.2 Å². The maximum absolute atomic E-state index is 12.5. The van der Waals surface area contributed by atoms with Gasteiger partial charge in [0.15, 0.2) is 0 Å². The number of nitrogen functional groups attached to an aromatic ring is 1. The lowest BCUT2D eigenvalue weighted by atomic mass is 10.1. The van der Waals surface area contributed by atoms with E-state index in [9.17, 15) is 9.90 Å². The summed E-state index contributed by atoms with van der Waals surface area (Å²) in [4.78, 5) is 16.5. The first-order valence-electron chi connectivity index (χ1n) is 8.70. The SMILES string of the molecule is N=C(N)c1cccc(N[C@@H](CO)C(=O)Nc2ccc(-c3ccncc3)cc2)c1. The Labute approximate surface area is 162 Å². The molecule has 142 valence electrons. The largest absolute Gasteiger partial charge is 0.394 e. The van der Waals surface area contributed by atoms with Crippen LogP contribution in [-0.2, 0) is 4.79 Å². The highest BCUT2D eigenvalue weighted by atomic mass is 16.3. The highest BCUT2D eigenvalue weighted by Gasteiger charge is 2.17. The van der Waals surface area contributed by atoms with E-state index in [0.29, 0.717) is 16.9 Å². The number of aliphatic hydroxyl groups is 1. The Kier molecular flexibility index (Phi) is 5.98. The lowest BCUT2D eigenvalue weighted by Crippen LogP contribution is -2.37. The Hall–Kier alpha value is -3.71. The zero-order chi connectivity index (χ0) is 19.9. The Morgan fingerprint density at radius 3 is 2.36 bits per heavy atom. The van der Waals surface area contributed by atoms with Crippen LogP contribution < -0.4 is 16.4 Å². The van der Waals surface area contributed by atoms with Gasteiger partial charge < -0.3 is 21.5 Å². The van der Waals surface area contributed by atoms with Crippen LogP contribution in [0.1, 0.15) is 5.56 Å². The quantitative estimate of drug-likeness (QED) is 0.320. The van der Waals surface area contributed by atoms with Gasteiger partial charge in [-0.1, -0.05) is 24.3 Å². The van der Waals surface area contributed by atoms with Gasteiger partial charge in [0.1, 0.15) is 11.9 Å². The highest BCUT2D eigenvalue weighted by Crippen LogP contribution is 2.21. The molecular formula is C21H21N5O2. The third-order valence-electron chi connectivity index (χ3n) is 4.18. The number of amidine groups is 1. The van der Waals surface area contributed by atoms with Gasteiger partial charge in [-0.2, -0.15) is 0 Å². The Morgan fingerprint density at radius 2 is 1.71 bits per heavy atom. The van der Waals surface area contributed by atoms with Crippen molar-refractivity contribution in [2.24, 2.45) is 5.73 Å². The summed E-state index contributed by atoms with van der Waals surface area (Å²) in [6, 6.07) is 17.2. The van der Waals surface area contributed by atoms with E-state index < -0.39 is 6.04 Å². The molecule has 6 N–H and O–H groups in total. The Morgan fingerprint density at radius 1 is 1.04 bits per heavy atom. The summed E-state index contributed by atoms with van der Waals surface area (Å²) in [6.07, 6.45) is 3.45. The van der Waals surface area contributed by atoms with E-state index in [1.807, 2.05) is 24.3 Å². The molecule has 1 atom stereocenters. The van der Waals surface area contributed by atoms with Crippen molar-refractivity contribution in [3.05, 3.63) is 78.6 Å². The fourth-order valence-electron chi connectivity index (χ4n) is 2.69. The van der Waals surface area contributed by atoms with Crippen LogP contribution in [0.25, 0.3) is 11.1 Å². The fraction of sp³-hybridized carbons (Fsp3) is 0.0952. The van der Waals surface area contributed by atoms with Crippen LogP contribution in [0.5, 0.6) is 0 Å². The number of carbonyl (C=O) groups excluding carboxylic acids is 1. The minimum absolute atomic E-state index is 0.0667. The molecule has 1 heterocycles. The molecule has 0 spiro atoms. The van der Waals surface area contributed by atoms with E-state index in [1.54, 1.807) is 48.8 Å². The molecule has 0 aliphatic heterocycles. The second kappa shape index (κ2) is 8.79. The number of pyridine rings is 1. The van der Waals surface area contributed by atoms with E-state index in [1.165, 1.54) is 0 Å². The topological polar surface area (TPSA) is 124 Å². The molecule has 28 heavy (non-hydrogen) atoms. The summed E-state index contributed by atoms with van der Waals surface area (Å²) < 4.78 is 0. The summed E-state index contributed by atoms with van der Waals surface area (Å²) >= 11 is 0. The Balaban J connectivity index is 1.67. The average molecular weight is 375 g/mol. The molecule has 0 unspecified atom stereocenters. The highest BCUT2D eigenvalue weighted by molar-refractivity contribution is 5.98. The number of aliphatic hydroxyl groups excluding tert-OH is 1. The number of nitrogens with two attached hydrogens (primary N) is 1. The number of nitrogens with one attached hydrogen (secondary N) is 3. The monoisotopic (exact) mass is 375 g/mol. The number of hydrogen-bond donors (Lipinski definition) is 5. The summed E-state index contributed by atoms with van der Waals surface area (Å²) in [7, 11) is 0. The molecular weight excluding hydrogens is 354 g/mol. The normalized spacial score (nSPS) is 11.5. The van der Waals surface area contributed by atoms with Gasteiger partial charge in [-0.15, -0.1) is 0 Å². The van der Waals surface area contributed by atoms with E-state index in [-0.39, 0.29) is 18.3 Å². The van der Waals surface area contributed by atoms with Crippen LogP contribution in [0, 0.1) is 5.41 Å². The van der Waals surface area contributed by atoms with Crippen molar-refractivity contribution >= 4 is 23.1 Å². The molecule has 0 fully saturated rings. The van der Waals surface area contributed by atoms with Crippen LogP contribution in [0.3, 0.4) is 0 Å². The van der Waals surface area contributed by atoms with Crippen LogP contribution >= 0.6 is 0 Å². The van der Waals surface area contributed by atoms with Crippen molar-refractivity contribution < 1.29 is 9.90 Å². The average Bonchev–Trinajstić information content (AvgIpc) is 2.73. The first kappa shape index (κ1) is 19.1. The summed E-state index contributed by atoms with van der Waals surface area (Å²) in [6.45, 7) is -0.384.